The Morgan fingerprint density at radius 2 is 2.29 bits per heavy atom. The fourth-order valence-electron chi connectivity index (χ4n) is 0.687. The van der Waals surface area contributed by atoms with Crippen molar-refractivity contribution in [1.82, 2.24) is 4.72 Å². The maximum atomic E-state index is 11.5. The molecule has 0 bridgehead atoms. The van der Waals surface area contributed by atoms with Crippen LogP contribution in [-0.2, 0) is 10.0 Å². The Balaban J connectivity index is 2.81. The summed E-state index contributed by atoms with van der Waals surface area (Å²) >= 11 is 9.78. The van der Waals surface area contributed by atoms with Crippen molar-refractivity contribution in [2.24, 2.45) is 0 Å². The number of hydrogen-bond donors (Lipinski definition) is 1. The highest BCUT2D eigenvalue weighted by Gasteiger charge is 2.15. The topological polar surface area (TPSA) is 46.2 Å². The number of sulfonamides is 1. The van der Waals surface area contributed by atoms with Crippen LogP contribution in [0, 0.1) is 0 Å². The SMILES string of the molecule is C=C(Cl)CNS(=O)(=O)c1ccc(Br)s1. The van der Waals surface area contributed by atoms with Crippen LogP contribution < -0.4 is 4.72 Å². The van der Waals surface area contributed by atoms with Crippen LogP contribution in [0.4, 0.5) is 0 Å². The molecular formula is C7H7BrClNO2S2. The summed E-state index contributed by atoms with van der Waals surface area (Å²) in [6.45, 7) is 3.43. The second-order valence-corrected chi connectivity index (χ2v) is 7.39. The highest BCUT2D eigenvalue weighted by atomic mass is 79.9. The number of halogens is 2. The largest absolute Gasteiger partial charge is 0.250 e. The zero-order valence-electron chi connectivity index (χ0n) is 6.96. The molecule has 0 fully saturated rings. The molecule has 0 unspecified atom stereocenters. The van der Waals surface area contributed by atoms with E-state index in [4.69, 9.17) is 11.6 Å². The van der Waals surface area contributed by atoms with Gasteiger partial charge in [0.05, 0.1) is 3.79 Å². The van der Waals surface area contributed by atoms with E-state index in [1.165, 1.54) is 6.07 Å². The van der Waals surface area contributed by atoms with E-state index < -0.39 is 10.0 Å². The van der Waals surface area contributed by atoms with Gasteiger partial charge in [-0.3, -0.25) is 0 Å². The first kappa shape index (κ1) is 12.2. The maximum absolute atomic E-state index is 11.5. The predicted octanol–water partition coefficient (Wildman–Crippen LogP) is 2.54. The van der Waals surface area contributed by atoms with E-state index in [1.807, 2.05) is 0 Å². The lowest BCUT2D eigenvalue weighted by molar-refractivity contribution is 0.587. The molecule has 0 saturated carbocycles. The first-order valence-corrected chi connectivity index (χ1v) is 6.97. The van der Waals surface area contributed by atoms with Gasteiger partial charge in [0.25, 0.3) is 0 Å². The van der Waals surface area contributed by atoms with Crippen LogP contribution >= 0.6 is 38.9 Å². The van der Waals surface area contributed by atoms with Crippen LogP contribution in [0.1, 0.15) is 0 Å². The van der Waals surface area contributed by atoms with Crippen molar-refractivity contribution < 1.29 is 8.42 Å². The van der Waals surface area contributed by atoms with Gasteiger partial charge in [-0.05, 0) is 28.1 Å². The zero-order valence-corrected chi connectivity index (χ0v) is 10.9. The van der Waals surface area contributed by atoms with Crippen molar-refractivity contribution >= 4 is 48.9 Å². The van der Waals surface area contributed by atoms with Crippen molar-refractivity contribution in [3.05, 3.63) is 27.5 Å². The molecule has 78 valence electrons. The number of nitrogens with one attached hydrogen (secondary N) is 1. The summed E-state index contributed by atoms with van der Waals surface area (Å²) in [5, 5.41) is 0.254. The van der Waals surface area contributed by atoms with Crippen LogP contribution in [-0.4, -0.2) is 15.0 Å². The van der Waals surface area contributed by atoms with Crippen molar-refractivity contribution in [2.75, 3.05) is 6.54 Å². The molecule has 1 heterocycles. The smallest absolute Gasteiger partial charge is 0.206 e. The maximum Gasteiger partial charge on any atom is 0.250 e. The van der Waals surface area contributed by atoms with E-state index in [0.29, 0.717) is 0 Å². The summed E-state index contributed by atoms with van der Waals surface area (Å²) in [7, 11) is -3.44. The second-order valence-electron chi connectivity index (χ2n) is 2.40. The third-order valence-corrected chi connectivity index (χ3v) is 4.92. The molecule has 0 amide bonds. The minimum atomic E-state index is -3.44. The van der Waals surface area contributed by atoms with Gasteiger partial charge in [0, 0.05) is 11.6 Å². The fourth-order valence-corrected chi connectivity index (χ4v) is 3.91. The lowest BCUT2D eigenvalue weighted by Crippen LogP contribution is -2.23. The molecule has 0 aliphatic rings. The monoisotopic (exact) mass is 315 g/mol. The standard InChI is InChI=1S/C7H7BrClNO2S2/c1-5(9)4-10-14(11,12)7-3-2-6(8)13-7/h2-3,10H,1,4H2. The molecule has 1 N–H and O–H groups in total. The molecule has 0 radical (unpaired) electrons. The predicted molar refractivity (Wildman–Crippen MR) is 62.2 cm³/mol. The fraction of sp³-hybridized carbons (Fsp3) is 0.143. The first-order chi connectivity index (χ1) is 6.42. The van der Waals surface area contributed by atoms with E-state index in [9.17, 15) is 8.42 Å². The average molecular weight is 317 g/mol. The summed E-state index contributed by atoms with van der Waals surface area (Å²) in [6.07, 6.45) is 0. The third kappa shape index (κ3) is 3.36. The van der Waals surface area contributed by atoms with E-state index in [0.717, 1.165) is 15.1 Å². The highest BCUT2D eigenvalue weighted by Crippen LogP contribution is 2.25. The Morgan fingerprint density at radius 1 is 1.64 bits per heavy atom. The van der Waals surface area contributed by atoms with Crippen molar-refractivity contribution in [1.29, 1.82) is 0 Å². The molecule has 1 rings (SSSR count). The molecule has 1 aromatic rings. The Labute approximate surface area is 100.0 Å². The van der Waals surface area contributed by atoms with Crippen molar-refractivity contribution in [2.45, 2.75) is 4.21 Å². The minimum Gasteiger partial charge on any atom is -0.206 e. The van der Waals surface area contributed by atoms with Gasteiger partial charge < -0.3 is 0 Å². The van der Waals surface area contributed by atoms with Crippen LogP contribution in [0.3, 0.4) is 0 Å². The van der Waals surface area contributed by atoms with Crippen LogP contribution in [0.2, 0.25) is 0 Å². The summed E-state index contributed by atoms with van der Waals surface area (Å²) in [5.74, 6) is 0. The molecule has 14 heavy (non-hydrogen) atoms. The van der Waals surface area contributed by atoms with Gasteiger partial charge in [-0.15, -0.1) is 11.3 Å². The van der Waals surface area contributed by atoms with Crippen molar-refractivity contribution in [3.8, 4) is 0 Å². The molecule has 7 heteroatoms. The molecule has 0 atom stereocenters. The van der Waals surface area contributed by atoms with Gasteiger partial charge in [0.15, 0.2) is 0 Å². The van der Waals surface area contributed by atoms with Crippen LogP contribution in [0.15, 0.2) is 31.7 Å². The highest BCUT2D eigenvalue weighted by molar-refractivity contribution is 9.11. The molecule has 1 aromatic heterocycles. The summed E-state index contributed by atoms with van der Waals surface area (Å²) in [5.41, 5.74) is 0. The average Bonchev–Trinajstić information content (AvgIpc) is 2.49. The first-order valence-electron chi connectivity index (χ1n) is 3.50. The van der Waals surface area contributed by atoms with Gasteiger partial charge in [-0.2, -0.15) is 0 Å². The molecule has 0 aromatic carbocycles. The van der Waals surface area contributed by atoms with E-state index >= 15 is 0 Å². The lowest BCUT2D eigenvalue weighted by atomic mass is 10.7. The Hall–Kier alpha value is 0.120. The minimum absolute atomic E-state index is 0.0411. The lowest BCUT2D eigenvalue weighted by Gasteiger charge is -2.01. The summed E-state index contributed by atoms with van der Waals surface area (Å²) in [4.78, 5) is 0. The molecule has 0 aliphatic heterocycles. The molecule has 0 aliphatic carbocycles. The molecule has 3 nitrogen and oxygen atoms in total. The van der Waals surface area contributed by atoms with E-state index in [1.54, 1.807) is 6.07 Å². The molecule has 0 spiro atoms. The molecule has 0 saturated heterocycles. The third-order valence-electron chi connectivity index (χ3n) is 1.27. The van der Waals surface area contributed by atoms with E-state index in [-0.39, 0.29) is 15.8 Å². The Morgan fingerprint density at radius 3 is 2.71 bits per heavy atom. The van der Waals surface area contributed by atoms with Gasteiger partial charge in [-0.25, -0.2) is 13.1 Å². The normalized spacial score (nSPS) is 11.6. The van der Waals surface area contributed by atoms with Gasteiger partial charge in [-0.1, -0.05) is 18.2 Å². The van der Waals surface area contributed by atoms with Crippen LogP contribution in [0.5, 0.6) is 0 Å². The van der Waals surface area contributed by atoms with Gasteiger partial charge in [0.2, 0.25) is 10.0 Å². The number of rotatable bonds is 4. The van der Waals surface area contributed by atoms with Crippen LogP contribution in [0.25, 0.3) is 0 Å². The van der Waals surface area contributed by atoms with E-state index in [2.05, 4.69) is 27.2 Å². The summed E-state index contributed by atoms with van der Waals surface area (Å²) < 4.78 is 26.4. The van der Waals surface area contributed by atoms with Gasteiger partial charge >= 0.3 is 0 Å². The quantitative estimate of drug-likeness (QED) is 0.928. The Bertz CT molecular complexity index is 440. The van der Waals surface area contributed by atoms with Crippen molar-refractivity contribution in [3.63, 3.8) is 0 Å². The molecular weight excluding hydrogens is 310 g/mol. The number of thiophene rings is 1. The van der Waals surface area contributed by atoms with Gasteiger partial charge in [0.1, 0.15) is 4.21 Å². The number of hydrogen-bond acceptors (Lipinski definition) is 3. The Kier molecular flexibility index (Phi) is 4.15. The summed E-state index contributed by atoms with van der Waals surface area (Å²) in [6, 6.07) is 3.20. The zero-order chi connectivity index (χ0) is 10.8. The second kappa shape index (κ2) is 4.76.